The van der Waals surface area contributed by atoms with E-state index in [1.807, 2.05) is 6.07 Å². The van der Waals surface area contributed by atoms with Crippen LogP contribution in [0.15, 0.2) is 60.7 Å². The fourth-order valence-electron chi connectivity index (χ4n) is 1.55. The third kappa shape index (κ3) is 3.25. The maximum Gasteiger partial charge on any atom is 0.0766 e. The van der Waals surface area contributed by atoms with Crippen molar-refractivity contribution in [2.45, 2.75) is 0 Å². The van der Waals surface area contributed by atoms with Gasteiger partial charge in [-0.05, 0) is 12.1 Å². The van der Waals surface area contributed by atoms with E-state index in [2.05, 4.69) is 59.9 Å². The summed E-state index contributed by atoms with van der Waals surface area (Å²) in [5.41, 5.74) is 1.22. The van der Waals surface area contributed by atoms with Gasteiger partial charge >= 0.3 is 0 Å². The van der Waals surface area contributed by atoms with E-state index < -0.39 is 0 Å². The van der Waals surface area contributed by atoms with Crippen molar-refractivity contribution in [1.29, 1.82) is 0 Å². The molecule has 2 heteroatoms. The maximum absolute atomic E-state index is 3.45. The zero-order valence-electron chi connectivity index (χ0n) is 8.69. The van der Waals surface area contributed by atoms with Gasteiger partial charge in [-0.1, -0.05) is 53.7 Å². The van der Waals surface area contributed by atoms with E-state index in [1.54, 1.807) is 0 Å². The number of anilines is 1. The molecule has 0 aliphatic rings. The molecule has 0 aliphatic carbocycles. The second kappa shape index (κ2) is 5.37. The van der Waals surface area contributed by atoms with Gasteiger partial charge in [-0.2, -0.15) is 0 Å². The van der Waals surface area contributed by atoms with Gasteiger partial charge in [-0.25, -0.2) is 0 Å². The van der Waals surface area contributed by atoms with Gasteiger partial charge < -0.3 is 5.32 Å². The van der Waals surface area contributed by atoms with Crippen LogP contribution in [0.5, 0.6) is 0 Å². The Labute approximate surface area is 93.0 Å². The minimum atomic E-state index is -0.166. The standard InChI is InChI=1S/C13H15NSi/c1-3-7-12(8-4-1)14-11-15-13-9-5-2-6-10-13/h1-10,14H,11,15H2. The lowest BCUT2D eigenvalue weighted by atomic mass is 10.3. The Hall–Kier alpha value is -1.54. The summed E-state index contributed by atoms with van der Waals surface area (Å²) in [6.45, 7) is 0. The SMILES string of the molecule is c1ccc(NC[SiH2]c2ccccc2)cc1. The highest BCUT2D eigenvalue weighted by atomic mass is 28.2. The first-order chi connectivity index (χ1) is 7.45. The molecule has 0 amide bonds. The van der Waals surface area contributed by atoms with Crippen molar-refractivity contribution in [3.63, 3.8) is 0 Å². The van der Waals surface area contributed by atoms with Crippen molar-refractivity contribution >= 4 is 20.4 Å². The molecule has 76 valence electrons. The molecule has 0 spiro atoms. The molecule has 1 nitrogen and oxygen atoms in total. The van der Waals surface area contributed by atoms with Crippen molar-refractivity contribution in [3.8, 4) is 0 Å². The molecule has 2 aromatic carbocycles. The van der Waals surface area contributed by atoms with Crippen LogP contribution < -0.4 is 10.5 Å². The van der Waals surface area contributed by atoms with Gasteiger partial charge in [0.15, 0.2) is 0 Å². The molecule has 0 radical (unpaired) electrons. The molecule has 0 aliphatic heterocycles. The van der Waals surface area contributed by atoms with Gasteiger partial charge in [0.2, 0.25) is 0 Å². The highest BCUT2D eigenvalue weighted by molar-refractivity contribution is 6.54. The van der Waals surface area contributed by atoms with E-state index in [9.17, 15) is 0 Å². The van der Waals surface area contributed by atoms with Gasteiger partial charge in [0.05, 0.1) is 9.52 Å². The number of rotatable bonds is 4. The summed E-state index contributed by atoms with van der Waals surface area (Å²) in [6, 6.07) is 21.1. The van der Waals surface area contributed by atoms with Crippen LogP contribution in [-0.2, 0) is 0 Å². The van der Waals surface area contributed by atoms with E-state index in [0.29, 0.717) is 0 Å². The summed E-state index contributed by atoms with van der Waals surface area (Å²) >= 11 is 0. The molecule has 0 fully saturated rings. The van der Waals surface area contributed by atoms with E-state index >= 15 is 0 Å². The maximum atomic E-state index is 3.45. The first kappa shape index (κ1) is 9.99. The number of benzene rings is 2. The summed E-state index contributed by atoms with van der Waals surface area (Å²) in [5, 5.41) is 4.97. The van der Waals surface area contributed by atoms with Crippen molar-refractivity contribution in [3.05, 3.63) is 60.7 Å². The molecule has 2 rings (SSSR count). The lowest BCUT2D eigenvalue weighted by molar-refractivity contribution is 1.44. The van der Waals surface area contributed by atoms with Crippen LogP contribution in [0.3, 0.4) is 0 Å². The van der Waals surface area contributed by atoms with Crippen LogP contribution in [0.2, 0.25) is 0 Å². The van der Waals surface area contributed by atoms with E-state index in [4.69, 9.17) is 0 Å². The predicted octanol–water partition coefficient (Wildman–Crippen LogP) is 1.55. The van der Waals surface area contributed by atoms with Crippen molar-refractivity contribution in [1.82, 2.24) is 0 Å². The Morgan fingerprint density at radius 2 is 1.40 bits per heavy atom. The number of para-hydroxylation sites is 1. The van der Waals surface area contributed by atoms with E-state index in [1.165, 1.54) is 10.9 Å². The average Bonchev–Trinajstić information content (AvgIpc) is 2.32. The van der Waals surface area contributed by atoms with Crippen LogP contribution in [0.4, 0.5) is 5.69 Å². The first-order valence-electron chi connectivity index (χ1n) is 5.28. The average molecular weight is 213 g/mol. The molecule has 2 aromatic rings. The van der Waals surface area contributed by atoms with E-state index in [-0.39, 0.29) is 9.52 Å². The zero-order chi connectivity index (χ0) is 10.3. The van der Waals surface area contributed by atoms with Crippen LogP contribution in [0, 0.1) is 0 Å². The second-order valence-electron chi connectivity index (χ2n) is 3.53. The molecule has 0 aromatic heterocycles. The Morgan fingerprint density at radius 1 is 0.800 bits per heavy atom. The fourth-order valence-corrected chi connectivity index (χ4v) is 2.86. The molecular formula is C13H15NSi. The van der Waals surface area contributed by atoms with Crippen molar-refractivity contribution in [2.75, 3.05) is 11.5 Å². The molecule has 0 bridgehead atoms. The number of hydrogen-bond acceptors (Lipinski definition) is 1. The lowest BCUT2D eigenvalue weighted by Gasteiger charge is -2.05. The van der Waals surface area contributed by atoms with E-state index in [0.717, 1.165) is 6.17 Å². The van der Waals surface area contributed by atoms with Gasteiger partial charge in [0.1, 0.15) is 0 Å². The van der Waals surface area contributed by atoms with Crippen molar-refractivity contribution < 1.29 is 0 Å². The van der Waals surface area contributed by atoms with Gasteiger partial charge in [0.25, 0.3) is 0 Å². The quantitative estimate of drug-likeness (QED) is 0.760. The smallest absolute Gasteiger partial charge is 0.0766 e. The largest absolute Gasteiger partial charge is 0.388 e. The molecule has 15 heavy (non-hydrogen) atoms. The molecule has 0 heterocycles. The zero-order valence-corrected chi connectivity index (χ0v) is 10.1. The molecule has 1 N–H and O–H groups in total. The molecule has 0 atom stereocenters. The summed E-state index contributed by atoms with van der Waals surface area (Å²) in [4.78, 5) is 0. The molecule has 0 unspecified atom stereocenters. The summed E-state index contributed by atoms with van der Waals surface area (Å²) < 4.78 is 0. The van der Waals surface area contributed by atoms with Crippen LogP contribution >= 0.6 is 0 Å². The topological polar surface area (TPSA) is 12.0 Å². The molecule has 0 saturated carbocycles. The van der Waals surface area contributed by atoms with Crippen molar-refractivity contribution in [2.24, 2.45) is 0 Å². The Balaban J connectivity index is 1.81. The highest BCUT2D eigenvalue weighted by Gasteiger charge is 1.92. The summed E-state index contributed by atoms with van der Waals surface area (Å²) in [6.07, 6.45) is 1.12. The van der Waals surface area contributed by atoms with Gasteiger partial charge in [-0.15, -0.1) is 0 Å². The number of hydrogen-bond donors (Lipinski definition) is 1. The summed E-state index contributed by atoms with van der Waals surface area (Å²) in [5.74, 6) is 0. The Morgan fingerprint density at radius 3 is 2.07 bits per heavy atom. The lowest BCUT2D eigenvalue weighted by Crippen LogP contribution is -2.22. The van der Waals surface area contributed by atoms with Crippen LogP contribution in [0.1, 0.15) is 0 Å². The number of nitrogens with one attached hydrogen (secondary N) is 1. The monoisotopic (exact) mass is 213 g/mol. The Bertz CT molecular complexity index is 346. The predicted molar refractivity (Wildman–Crippen MR) is 69.6 cm³/mol. The minimum absolute atomic E-state index is 0.166. The van der Waals surface area contributed by atoms with Gasteiger partial charge in [0, 0.05) is 11.9 Å². The first-order valence-corrected chi connectivity index (χ1v) is 6.99. The molecule has 0 saturated heterocycles. The molecular weight excluding hydrogens is 198 g/mol. The van der Waals surface area contributed by atoms with Crippen LogP contribution in [-0.4, -0.2) is 15.7 Å². The summed E-state index contributed by atoms with van der Waals surface area (Å²) in [7, 11) is -0.166. The third-order valence-corrected chi connectivity index (χ3v) is 3.91. The Kier molecular flexibility index (Phi) is 3.57. The third-order valence-electron chi connectivity index (χ3n) is 2.36. The fraction of sp³-hybridized carbons (Fsp3) is 0.0769. The minimum Gasteiger partial charge on any atom is -0.388 e. The van der Waals surface area contributed by atoms with Crippen LogP contribution in [0.25, 0.3) is 0 Å². The highest BCUT2D eigenvalue weighted by Crippen LogP contribution is 2.03. The van der Waals surface area contributed by atoms with Gasteiger partial charge in [-0.3, -0.25) is 0 Å². The second-order valence-corrected chi connectivity index (χ2v) is 5.34. The normalized spacial score (nSPS) is 10.7.